The number of carbonyl (C=O) groups excluding carboxylic acids is 2. The summed E-state index contributed by atoms with van der Waals surface area (Å²) in [6.45, 7) is 2.39. The third kappa shape index (κ3) is 4.92. The van der Waals surface area contributed by atoms with Gasteiger partial charge in [-0.25, -0.2) is 9.59 Å². The van der Waals surface area contributed by atoms with Crippen LogP contribution in [0.5, 0.6) is 0 Å². The number of carbonyl (C=O) groups is 3. The van der Waals surface area contributed by atoms with E-state index in [2.05, 4.69) is 34.9 Å². The van der Waals surface area contributed by atoms with Crippen molar-refractivity contribution >= 4 is 18.0 Å². The van der Waals surface area contributed by atoms with E-state index in [0.29, 0.717) is 19.4 Å². The van der Waals surface area contributed by atoms with Crippen LogP contribution in [0.3, 0.4) is 0 Å². The monoisotopic (exact) mass is 466 g/mol. The lowest BCUT2D eigenvalue weighted by Crippen LogP contribution is -2.55. The molecule has 2 aromatic carbocycles. The van der Waals surface area contributed by atoms with Gasteiger partial charge in [-0.3, -0.25) is 4.79 Å². The number of carboxylic acids is 1. The lowest BCUT2D eigenvalue weighted by atomic mass is 9.98. The summed E-state index contributed by atoms with van der Waals surface area (Å²) in [6.07, 6.45) is 0.800. The van der Waals surface area contributed by atoms with Gasteiger partial charge >= 0.3 is 12.1 Å². The number of nitrogens with one attached hydrogen (secondary N) is 2. The molecule has 34 heavy (non-hydrogen) atoms. The minimum atomic E-state index is -1.36. The van der Waals surface area contributed by atoms with Gasteiger partial charge in [-0.2, -0.15) is 0 Å². The molecular weight excluding hydrogens is 436 g/mol. The van der Waals surface area contributed by atoms with Crippen molar-refractivity contribution in [1.82, 2.24) is 10.6 Å². The van der Waals surface area contributed by atoms with E-state index in [0.717, 1.165) is 22.3 Å². The van der Waals surface area contributed by atoms with Crippen molar-refractivity contribution in [2.24, 2.45) is 0 Å². The zero-order chi connectivity index (χ0) is 24.1. The second kappa shape index (κ2) is 10.3. The van der Waals surface area contributed by atoms with E-state index >= 15 is 0 Å². The van der Waals surface area contributed by atoms with Crippen molar-refractivity contribution in [2.75, 3.05) is 19.8 Å². The molecule has 2 unspecified atom stereocenters. The molecular formula is C26H30N2O6. The molecule has 2 amide bonds. The molecule has 0 bridgehead atoms. The molecule has 0 saturated carbocycles. The summed E-state index contributed by atoms with van der Waals surface area (Å²) in [5.41, 5.74) is 3.25. The van der Waals surface area contributed by atoms with E-state index in [1.165, 1.54) is 0 Å². The molecule has 1 fully saturated rings. The van der Waals surface area contributed by atoms with Gasteiger partial charge in [0.1, 0.15) is 6.61 Å². The lowest BCUT2D eigenvalue weighted by molar-refractivity contribution is -0.147. The van der Waals surface area contributed by atoms with Gasteiger partial charge in [-0.1, -0.05) is 55.5 Å². The van der Waals surface area contributed by atoms with E-state index < -0.39 is 17.6 Å². The second-order valence-electron chi connectivity index (χ2n) is 8.85. The molecule has 1 aliphatic heterocycles. The van der Waals surface area contributed by atoms with E-state index in [-0.39, 0.29) is 43.9 Å². The van der Waals surface area contributed by atoms with Gasteiger partial charge in [0, 0.05) is 31.4 Å². The molecule has 1 heterocycles. The van der Waals surface area contributed by atoms with Crippen LogP contribution in [0.4, 0.5) is 4.79 Å². The van der Waals surface area contributed by atoms with Crippen molar-refractivity contribution < 1.29 is 29.0 Å². The van der Waals surface area contributed by atoms with Gasteiger partial charge in [0.15, 0.2) is 5.54 Å². The third-order valence-electron chi connectivity index (χ3n) is 6.69. The number of benzene rings is 2. The summed E-state index contributed by atoms with van der Waals surface area (Å²) >= 11 is 0. The Morgan fingerprint density at radius 2 is 1.76 bits per heavy atom. The minimum Gasteiger partial charge on any atom is -0.479 e. The highest BCUT2D eigenvalue weighted by molar-refractivity contribution is 5.87. The average Bonchev–Trinajstić information content (AvgIpc) is 3.44. The smallest absolute Gasteiger partial charge is 0.407 e. The first-order valence-electron chi connectivity index (χ1n) is 11.7. The molecule has 1 saturated heterocycles. The van der Waals surface area contributed by atoms with Gasteiger partial charge < -0.3 is 25.2 Å². The Hall–Kier alpha value is -3.39. The standard InChI is InChI=1S/C26H30N2O6/c1-2-17(11-12-23(29)28-26(24(30)31)13-14-33-16-26)27-25(32)34-15-22-20-9-5-3-7-18(20)19-8-4-6-10-21(19)22/h3-10,17,22H,2,11-16H2,1H3,(H,27,32)(H,28,29)(H,30,31). The first-order chi connectivity index (χ1) is 16.4. The van der Waals surface area contributed by atoms with Crippen LogP contribution >= 0.6 is 0 Å². The zero-order valence-electron chi connectivity index (χ0n) is 19.2. The average molecular weight is 467 g/mol. The van der Waals surface area contributed by atoms with E-state index in [1.807, 2.05) is 31.2 Å². The van der Waals surface area contributed by atoms with Crippen molar-refractivity contribution in [1.29, 1.82) is 0 Å². The Bertz CT molecular complexity index is 1020. The van der Waals surface area contributed by atoms with Crippen LogP contribution in [0.25, 0.3) is 11.1 Å². The number of ether oxygens (including phenoxy) is 2. The fourth-order valence-corrected chi connectivity index (χ4v) is 4.71. The summed E-state index contributed by atoms with van der Waals surface area (Å²) in [5.74, 6) is -1.49. The van der Waals surface area contributed by atoms with Crippen LogP contribution in [0.1, 0.15) is 49.7 Å². The van der Waals surface area contributed by atoms with Gasteiger partial charge in [0.25, 0.3) is 0 Å². The fourth-order valence-electron chi connectivity index (χ4n) is 4.71. The van der Waals surface area contributed by atoms with Gasteiger partial charge in [-0.05, 0) is 35.1 Å². The van der Waals surface area contributed by atoms with Crippen molar-refractivity contribution in [3.05, 3.63) is 59.7 Å². The van der Waals surface area contributed by atoms with E-state index in [1.54, 1.807) is 0 Å². The number of alkyl carbamates (subject to hydrolysis) is 1. The number of fused-ring (bicyclic) bond motifs is 3. The minimum absolute atomic E-state index is 0.0233. The first-order valence-corrected chi connectivity index (χ1v) is 11.7. The Kier molecular flexibility index (Phi) is 7.17. The first kappa shape index (κ1) is 23.8. The Balaban J connectivity index is 1.29. The third-order valence-corrected chi connectivity index (χ3v) is 6.69. The summed E-state index contributed by atoms with van der Waals surface area (Å²) < 4.78 is 10.8. The fraction of sp³-hybridized carbons (Fsp3) is 0.423. The molecule has 0 spiro atoms. The number of hydrogen-bond acceptors (Lipinski definition) is 5. The van der Waals surface area contributed by atoms with Crippen LogP contribution in [0, 0.1) is 0 Å². The molecule has 4 rings (SSSR count). The van der Waals surface area contributed by atoms with Crippen LogP contribution in [0.15, 0.2) is 48.5 Å². The van der Waals surface area contributed by atoms with Gasteiger partial charge in [0.05, 0.1) is 6.61 Å². The molecule has 2 aromatic rings. The Morgan fingerprint density at radius 1 is 1.12 bits per heavy atom. The Morgan fingerprint density at radius 3 is 2.32 bits per heavy atom. The highest BCUT2D eigenvalue weighted by Crippen LogP contribution is 2.44. The Labute approximate surface area is 198 Å². The highest BCUT2D eigenvalue weighted by Gasteiger charge is 2.43. The van der Waals surface area contributed by atoms with Gasteiger partial charge in [0.2, 0.25) is 5.91 Å². The zero-order valence-corrected chi connectivity index (χ0v) is 19.2. The summed E-state index contributed by atoms with van der Waals surface area (Å²) in [5, 5.41) is 14.9. The molecule has 3 N–H and O–H groups in total. The molecule has 0 aromatic heterocycles. The van der Waals surface area contributed by atoms with Crippen LogP contribution in [0.2, 0.25) is 0 Å². The largest absolute Gasteiger partial charge is 0.479 e. The molecule has 8 heteroatoms. The predicted molar refractivity (Wildman–Crippen MR) is 125 cm³/mol. The maximum atomic E-state index is 12.5. The topological polar surface area (TPSA) is 114 Å². The van der Waals surface area contributed by atoms with Crippen molar-refractivity contribution in [2.45, 2.75) is 50.1 Å². The van der Waals surface area contributed by atoms with E-state index in [4.69, 9.17) is 9.47 Å². The summed E-state index contributed by atoms with van der Waals surface area (Å²) in [4.78, 5) is 36.5. The number of aliphatic carboxylic acids is 1. The molecule has 2 atom stereocenters. The normalized spacial score (nSPS) is 19.7. The molecule has 1 aliphatic carbocycles. The van der Waals surface area contributed by atoms with Crippen LogP contribution in [-0.2, 0) is 19.1 Å². The predicted octanol–water partition coefficient (Wildman–Crippen LogP) is 3.44. The number of amides is 2. The molecule has 180 valence electrons. The lowest BCUT2D eigenvalue weighted by Gasteiger charge is -2.24. The van der Waals surface area contributed by atoms with Gasteiger partial charge in [-0.15, -0.1) is 0 Å². The number of carboxylic acid groups (broad SMARTS) is 1. The molecule has 2 aliphatic rings. The van der Waals surface area contributed by atoms with Crippen molar-refractivity contribution in [3.8, 4) is 11.1 Å². The SMILES string of the molecule is CCC(CCC(=O)NC1(C(=O)O)CCOC1)NC(=O)OCC1c2ccccc2-c2ccccc21. The number of rotatable bonds is 9. The summed E-state index contributed by atoms with van der Waals surface area (Å²) in [6, 6.07) is 16.0. The van der Waals surface area contributed by atoms with Crippen LogP contribution < -0.4 is 10.6 Å². The molecule has 0 radical (unpaired) electrons. The maximum absolute atomic E-state index is 12.5. The quantitative estimate of drug-likeness (QED) is 0.522. The number of hydrogen-bond donors (Lipinski definition) is 3. The van der Waals surface area contributed by atoms with E-state index in [9.17, 15) is 19.5 Å². The maximum Gasteiger partial charge on any atom is 0.407 e. The molecule has 8 nitrogen and oxygen atoms in total. The van der Waals surface area contributed by atoms with Crippen molar-refractivity contribution in [3.63, 3.8) is 0 Å². The second-order valence-corrected chi connectivity index (χ2v) is 8.85. The summed E-state index contributed by atoms with van der Waals surface area (Å²) in [7, 11) is 0. The highest BCUT2D eigenvalue weighted by atomic mass is 16.5. The van der Waals surface area contributed by atoms with Crippen LogP contribution in [-0.4, -0.2) is 54.5 Å².